The van der Waals surface area contributed by atoms with Crippen LogP contribution in [0.5, 0.6) is 5.75 Å². The summed E-state index contributed by atoms with van der Waals surface area (Å²) in [6, 6.07) is 12.1. The predicted molar refractivity (Wildman–Crippen MR) is 108 cm³/mol. The number of nitrogens with zero attached hydrogens (tertiary/aromatic N) is 3. The number of rotatable bonds is 5. The number of hydrogen-bond acceptors (Lipinski definition) is 5. The van der Waals surface area contributed by atoms with Gasteiger partial charge in [-0.15, -0.1) is 11.8 Å². The second kappa shape index (κ2) is 7.57. The minimum atomic E-state index is -1.40. The molecule has 0 amide bonds. The summed E-state index contributed by atoms with van der Waals surface area (Å²) in [7, 11) is 0. The van der Waals surface area contributed by atoms with E-state index in [2.05, 4.69) is 51.0 Å². The Hall–Kier alpha value is -2.97. The number of H-pyrrole nitrogens is 1. The zero-order chi connectivity index (χ0) is 19.7. The maximum atomic E-state index is 10.6. The standard InChI is InChI=1S/C19H15ClN4O3S/c1-11-2-4-12(5-3-11)10-28-17-7-16-15(6-14(17)20)22-18(23-16)24-9-13(8-21-24)27-19(25)26/h2-9H,10H2,1H3,(H,22,23)(H,25,26). The van der Waals surface area contributed by atoms with Crippen LogP contribution in [0.2, 0.25) is 5.02 Å². The number of hydrogen-bond donors (Lipinski definition) is 2. The molecule has 2 N–H and O–H groups in total. The molecule has 0 atom stereocenters. The number of fused-ring (bicyclic) bond motifs is 1. The summed E-state index contributed by atoms with van der Waals surface area (Å²) in [5, 5.41) is 13.4. The normalized spacial score (nSPS) is 11.1. The third-order valence-electron chi connectivity index (χ3n) is 4.02. The lowest BCUT2D eigenvalue weighted by molar-refractivity contribution is 0.144. The van der Waals surface area contributed by atoms with E-state index in [1.807, 2.05) is 12.1 Å². The Bertz CT molecular complexity index is 1150. The largest absolute Gasteiger partial charge is 0.511 e. The third kappa shape index (κ3) is 3.97. The Morgan fingerprint density at radius 2 is 2.11 bits per heavy atom. The van der Waals surface area contributed by atoms with E-state index in [0.29, 0.717) is 11.0 Å². The van der Waals surface area contributed by atoms with Crippen molar-refractivity contribution in [1.29, 1.82) is 0 Å². The van der Waals surface area contributed by atoms with Gasteiger partial charge < -0.3 is 14.8 Å². The first-order valence-corrected chi connectivity index (χ1v) is 9.68. The van der Waals surface area contributed by atoms with Crippen molar-refractivity contribution in [3.05, 3.63) is 64.9 Å². The van der Waals surface area contributed by atoms with Crippen LogP contribution in [0, 0.1) is 6.92 Å². The first-order chi connectivity index (χ1) is 13.5. The van der Waals surface area contributed by atoms with Crippen LogP contribution in [0.15, 0.2) is 53.7 Å². The summed E-state index contributed by atoms with van der Waals surface area (Å²) >= 11 is 8.08. The zero-order valence-corrected chi connectivity index (χ0v) is 16.3. The van der Waals surface area contributed by atoms with Gasteiger partial charge in [-0.2, -0.15) is 5.10 Å². The number of halogens is 1. The smallest absolute Gasteiger partial charge is 0.449 e. The molecule has 4 aromatic rings. The lowest BCUT2D eigenvalue weighted by atomic mass is 10.2. The van der Waals surface area contributed by atoms with Gasteiger partial charge in [-0.25, -0.2) is 14.5 Å². The first-order valence-electron chi connectivity index (χ1n) is 8.31. The van der Waals surface area contributed by atoms with E-state index in [1.165, 1.54) is 28.2 Å². The van der Waals surface area contributed by atoms with Gasteiger partial charge >= 0.3 is 6.16 Å². The van der Waals surface area contributed by atoms with Gasteiger partial charge in [0.15, 0.2) is 5.75 Å². The molecular formula is C19H15ClN4O3S. The summed E-state index contributed by atoms with van der Waals surface area (Å²) < 4.78 is 5.99. The van der Waals surface area contributed by atoms with Crippen molar-refractivity contribution in [2.45, 2.75) is 17.6 Å². The van der Waals surface area contributed by atoms with E-state index < -0.39 is 6.16 Å². The molecule has 2 aromatic heterocycles. The Morgan fingerprint density at radius 1 is 1.32 bits per heavy atom. The number of imidazole rings is 1. The minimum Gasteiger partial charge on any atom is -0.449 e. The zero-order valence-electron chi connectivity index (χ0n) is 14.7. The highest BCUT2D eigenvalue weighted by atomic mass is 35.5. The van der Waals surface area contributed by atoms with E-state index in [1.54, 1.807) is 11.8 Å². The summed E-state index contributed by atoms with van der Waals surface area (Å²) in [6.45, 7) is 2.06. The highest BCUT2D eigenvalue weighted by Crippen LogP contribution is 2.33. The highest BCUT2D eigenvalue weighted by Gasteiger charge is 2.12. The van der Waals surface area contributed by atoms with Gasteiger partial charge in [-0.05, 0) is 24.6 Å². The van der Waals surface area contributed by atoms with E-state index in [0.717, 1.165) is 21.7 Å². The van der Waals surface area contributed by atoms with Crippen LogP contribution in [0.4, 0.5) is 4.79 Å². The van der Waals surface area contributed by atoms with Crippen LogP contribution >= 0.6 is 23.4 Å². The number of aromatic amines is 1. The summed E-state index contributed by atoms with van der Waals surface area (Å²) in [5.41, 5.74) is 3.95. The van der Waals surface area contributed by atoms with Crippen LogP contribution in [-0.4, -0.2) is 31.0 Å². The number of benzene rings is 2. The van der Waals surface area contributed by atoms with E-state index in [9.17, 15) is 4.79 Å². The van der Waals surface area contributed by atoms with Crippen molar-refractivity contribution in [3.8, 4) is 11.7 Å². The fraction of sp³-hybridized carbons (Fsp3) is 0.105. The maximum Gasteiger partial charge on any atom is 0.511 e. The second-order valence-corrected chi connectivity index (χ2v) is 7.55. The molecule has 7 nitrogen and oxygen atoms in total. The maximum absolute atomic E-state index is 10.6. The molecule has 28 heavy (non-hydrogen) atoms. The molecule has 0 aliphatic carbocycles. The molecular weight excluding hydrogens is 400 g/mol. The molecule has 9 heteroatoms. The van der Waals surface area contributed by atoms with Crippen LogP contribution < -0.4 is 4.74 Å². The van der Waals surface area contributed by atoms with Crippen molar-refractivity contribution in [2.75, 3.05) is 0 Å². The van der Waals surface area contributed by atoms with Gasteiger partial charge in [-0.1, -0.05) is 41.4 Å². The van der Waals surface area contributed by atoms with Crippen LogP contribution in [0.25, 0.3) is 17.0 Å². The summed E-state index contributed by atoms with van der Waals surface area (Å²) in [4.78, 5) is 19.2. The summed E-state index contributed by atoms with van der Waals surface area (Å²) in [5.74, 6) is 1.35. The van der Waals surface area contributed by atoms with E-state index >= 15 is 0 Å². The minimum absolute atomic E-state index is 0.111. The number of carbonyl (C=O) groups is 1. The SMILES string of the molecule is Cc1ccc(CSc2cc3nc(-n4cc(OC(=O)O)cn4)[nH]c3cc2Cl)cc1. The molecule has 0 spiro atoms. The molecule has 0 aliphatic heterocycles. The molecule has 0 fully saturated rings. The topological polar surface area (TPSA) is 93.0 Å². The van der Waals surface area contributed by atoms with Crippen molar-refractivity contribution in [3.63, 3.8) is 0 Å². The van der Waals surface area contributed by atoms with Crippen molar-refractivity contribution in [2.24, 2.45) is 0 Å². The summed E-state index contributed by atoms with van der Waals surface area (Å²) in [6.07, 6.45) is 1.34. The van der Waals surface area contributed by atoms with Gasteiger partial charge in [0, 0.05) is 10.6 Å². The van der Waals surface area contributed by atoms with Gasteiger partial charge in [0.2, 0.25) is 5.95 Å². The molecule has 0 bridgehead atoms. The Labute approximate surface area is 169 Å². The fourth-order valence-corrected chi connectivity index (χ4v) is 3.87. The van der Waals surface area contributed by atoms with Gasteiger partial charge in [0.25, 0.3) is 0 Å². The lowest BCUT2D eigenvalue weighted by Gasteiger charge is -2.05. The molecule has 2 heterocycles. The van der Waals surface area contributed by atoms with Gasteiger partial charge in [0.1, 0.15) is 0 Å². The molecule has 2 aromatic carbocycles. The Morgan fingerprint density at radius 3 is 2.86 bits per heavy atom. The molecule has 0 unspecified atom stereocenters. The Kier molecular flexibility index (Phi) is 4.97. The van der Waals surface area contributed by atoms with Crippen LogP contribution in [-0.2, 0) is 5.75 Å². The molecule has 0 radical (unpaired) electrons. The number of ether oxygens (including phenoxy) is 1. The molecule has 142 valence electrons. The van der Waals surface area contributed by atoms with Crippen LogP contribution in [0.1, 0.15) is 11.1 Å². The number of nitrogens with one attached hydrogen (secondary N) is 1. The molecule has 0 saturated heterocycles. The quantitative estimate of drug-likeness (QED) is 0.350. The van der Waals surface area contributed by atoms with Crippen molar-refractivity contribution >= 4 is 40.6 Å². The molecule has 0 saturated carbocycles. The second-order valence-electron chi connectivity index (χ2n) is 6.12. The number of aromatic nitrogens is 4. The van der Waals surface area contributed by atoms with Crippen LogP contribution in [0.3, 0.4) is 0 Å². The first kappa shape index (κ1) is 18.4. The molecule has 4 rings (SSSR count). The number of carboxylic acid groups (broad SMARTS) is 1. The Balaban J connectivity index is 1.57. The predicted octanol–water partition coefficient (Wildman–Crippen LogP) is 5.06. The average Bonchev–Trinajstić information content (AvgIpc) is 3.27. The van der Waals surface area contributed by atoms with Gasteiger partial charge in [0.05, 0.1) is 28.4 Å². The van der Waals surface area contributed by atoms with E-state index in [4.69, 9.17) is 16.7 Å². The average molecular weight is 415 g/mol. The van der Waals surface area contributed by atoms with Gasteiger partial charge in [-0.3, -0.25) is 0 Å². The third-order valence-corrected chi connectivity index (χ3v) is 5.57. The number of thioether (sulfide) groups is 1. The number of aryl methyl sites for hydroxylation is 1. The van der Waals surface area contributed by atoms with Crippen molar-refractivity contribution < 1.29 is 14.6 Å². The fourth-order valence-electron chi connectivity index (χ4n) is 2.64. The highest BCUT2D eigenvalue weighted by molar-refractivity contribution is 7.98. The lowest BCUT2D eigenvalue weighted by Crippen LogP contribution is -2.02. The van der Waals surface area contributed by atoms with Crippen molar-refractivity contribution in [1.82, 2.24) is 19.7 Å². The van der Waals surface area contributed by atoms with E-state index in [-0.39, 0.29) is 5.75 Å². The monoisotopic (exact) mass is 414 g/mol. The molecule has 0 aliphatic rings.